The summed E-state index contributed by atoms with van der Waals surface area (Å²) in [5.41, 5.74) is 3.03. The molecule has 0 amide bonds. The van der Waals surface area contributed by atoms with E-state index < -0.39 is 5.41 Å². The Morgan fingerprint density at radius 3 is 2.26 bits per heavy atom. The van der Waals surface area contributed by atoms with E-state index in [1.54, 1.807) is 0 Å². The molecule has 0 aliphatic heterocycles. The monoisotopic (exact) mass is 259 g/mol. The first-order valence-corrected chi connectivity index (χ1v) is 6.65. The lowest BCUT2D eigenvalue weighted by Crippen LogP contribution is -2.28. The first kappa shape index (κ1) is 15.5. The number of nitriles is 1. The highest BCUT2D eigenvalue weighted by molar-refractivity contribution is 5.53. The van der Waals surface area contributed by atoms with Crippen molar-refractivity contribution in [3.63, 3.8) is 0 Å². The van der Waals surface area contributed by atoms with Crippen LogP contribution in [-0.2, 0) is 5.41 Å². The zero-order valence-electron chi connectivity index (χ0n) is 13.0. The van der Waals surface area contributed by atoms with Crippen molar-refractivity contribution in [2.45, 2.75) is 26.2 Å². The minimum Gasteiger partial charge on any atom is -0.373 e. The summed E-state index contributed by atoms with van der Waals surface area (Å²) in [7, 11) is 6.25. The van der Waals surface area contributed by atoms with E-state index in [0.717, 1.165) is 18.7 Å². The second-order valence-electron chi connectivity index (χ2n) is 6.02. The van der Waals surface area contributed by atoms with Crippen LogP contribution in [0, 0.1) is 18.3 Å². The summed E-state index contributed by atoms with van der Waals surface area (Å²) in [6, 6.07) is 8.78. The van der Waals surface area contributed by atoms with E-state index in [-0.39, 0.29) is 0 Å². The van der Waals surface area contributed by atoms with E-state index in [1.165, 1.54) is 11.3 Å². The molecule has 0 heterocycles. The highest BCUT2D eigenvalue weighted by atomic mass is 15.1. The third kappa shape index (κ3) is 4.25. The second-order valence-corrected chi connectivity index (χ2v) is 6.02. The second kappa shape index (κ2) is 6.08. The number of hydrogen-bond acceptors (Lipinski definition) is 3. The largest absolute Gasteiger partial charge is 0.373 e. The van der Waals surface area contributed by atoms with Crippen LogP contribution in [0.15, 0.2) is 18.2 Å². The average molecular weight is 259 g/mol. The molecule has 0 radical (unpaired) electrons. The van der Waals surface area contributed by atoms with E-state index in [4.69, 9.17) is 0 Å². The van der Waals surface area contributed by atoms with Crippen molar-refractivity contribution in [1.82, 2.24) is 4.90 Å². The van der Waals surface area contributed by atoms with Crippen molar-refractivity contribution in [1.29, 1.82) is 5.26 Å². The highest BCUT2D eigenvalue weighted by Crippen LogP contribution is 2.27. The summed E-state index contributed by atoms with van der Waals surface area (Å²) in [5.74, 6) is 0. The third-order valence-electron chi connectivity index (χ3n) is 3.39. The first-order valence-electron chi connectivity index (χ1n) is 6.65. The molecule has 0 unspecified atom stereocenters. The molecule has 0 aliphatic rings. The standard InChI is InChI=1S/C16H25N3/c1-13-9-14(16(2,3)12-17)11-15(10-13)19(6)8-7-18(4)5/h9-11H,7-8H2,1-6H3. The van der Waals surface area contributed by atoms with Crippen LogP contribution in [0.25, 0.3) is 0 Å². The van der Waals surface area contributed by atoms with E-state index in [1.807, 2.05) is 13.8 Å². The third-order valence-corrected chi connectivity index (χ3v) is 3.39. The molecule has 0 atom stereocenters. The highest BCUT2D eigenvalue weighted by Gasteiger charge is 2.21. The maximum Gasteiger partial charge on any atom is 0.0767 e. The van der Waals surface area contributed by atoms with Crippen LogP contribution in [0.5, 0.6) is 0 Å². The molecule has 0 aromatic heterocycles. The van der Waals surface area contributed by atoms with Gasteiger partial charge < -0.3 is 9.80 Å². The molecular formula is C16H25N3. The first-order chi connectivity index (χ1) is 8.76. The van der Waals surface area contributed by atoms with Crippen molar-refractivity contribution in [3.8, 4) is 6.07 Å². The molecule has 19 heavy (non-hydrogen) atoms. The molecule has 0 bridgehead atoms. The number of anilines is 1. The van der Waals surface area contributed by atoms with Gasteiger partial charge in [0.15, 0.2) is 0 Å². The fourth-order valence-electron chi connectivity index (χ4n) is 1.89. The van der Waals surface area contributed by atoms with Crippen LogP contribution < -0.4 is 4.90 Å². The molecule has 0 fully saturated rings. The van der Waals surface area contributed by atoms with Gasteiger partial charge in [-0.25, -0.2) is 0 Å². The van der Waals surface area contributed by atoms with Crippen LogP contribution in [0.1, 0.15) is 25.0 Å². The Hall–Kier alpha value is -1.53. The molecule has 0 spiro atoms. The number of aryl methyl sites for hydroxylation is 1. The summed E-state index contributed by atoms with van der Waals surface area (Å²) in [6.45, 7) is 8.00. The van der Waals surface area contributed by atoms with Crippen LogP contribution in [-0.4, -0.2) is 39.1 Å². The quantitative estimate of drug-likeness (QED) is 0.814. The van der Waals surface area contributed by atoms with Gasteiger partial charge >= 0.3 is 0 Å². The number of benzene rings is 1. The maximum atomic E-state index is 9.27. The van der Waals surface area contributed by atoms with Gasteiger partial charge in [-0.3, -0.25) is 0 Å². The molecule has 1 aromatic rings. The van der Waals surface area contributed by atoms with Crippen molar-refractivity contribution >= 4 is 5.69 Å². The Bertz CT molecular complexity index is 469. The number of hydrogen-bond donors (Lipinski definition) is 0. The van der Waals surface area contributed by atoms with E-state index in [9.17, 15) is 5.26 Å². The summed E-state index contributed by atoms with van der Waals surface area (Å²) in [5, 5.41) is 9.27. The fourth-order valence-corrected chi connectivity index (χ4v) is 1.89. The Kier molecular flexibility index (Phi) is 4.97. The smallest absolute Gasteiger partial charge is 0.0767 e. The molecule has 0 saturated carbocycles. The number of likely N-dealkylation sites (N-methyl/N-ethyl adjacent to an activating group) is 2. The van der Waals surface area contributed by atoms with Crippen LogP contribution >= 0.6 is 0 Å². The zero-order valence-corrected chi connectivity index (χ0v) is 13.0. The van der Waals surface area contributed by atoms with Gasteiger partial charge in [-0.05, 0) is 58.1 Å². The van der Waals surface area contributed by atoms with Gasteiger partial charge in [-0.1, -0.05) is 6.07 Å². The SMILES string of the molecule is Cc1cc(N(C)CCN(C)C)cc(C(C)(C)C#N)c1. The van der Waals surface area contributed by atoms with Crippen molar-refractivity contribution in [2.24, 2.45) is 0 Å². The average Bonchev–Trinajstić information content (AvgIpc) is 2.35. The molecule has 1 aromatic carbocycles. The zero-order chi connectivity index (χ0) is 14.6. The van der Waals surface area contributed by atoms with Gasteiger partial charge in [0.2, 0.25) is 0 Å². The topological polar surface area (TPSA) is 30.3 Å². The molecule has 3 heteroatoms. The molecule has 0 aliphatic carbocycles. The fraction of sp³-hybridized carbons (Fsp3) is 0.562. The summed E-state index contributed by atoms with van der Waals surface area (Å²) in [4.78, 5) is 4.41. The molecule has 3 nitrogen and oxygen atoms in total. The van der Waals surface area contributed by atoms with Gasteiger partial charge in [0, 0.05) is 25.8 Å². The van der Waals surface area contributed by atoms with Gasteiger partial charge in [-0.15, -0.1) is 0 Å². The van der Waals surface area contributed by atoms with Crippen LogP contribution in [0.4, 0.5) is 5.69 Å². The van der Waals surface area contributed by atoms with E-state index >= 15 is 0 Å². The van der Waals surface area contributed by atoms with Crippen molar-refractivity contribution < 1.29 is 0 Å². The molecule has 0 N–H and O–H groups in total. The van der Waals surface area contributed by atoms with Crippen LogP contribution in [0.3, 0.4) is 0 Å². The van der Waals surface area contributed by atoms with Gasteiger partial charge in [0.1, 0.15) is 0 Å². The molecule has 104 valence electrons. The number of rotatable bonds is 5. The summed E-state index contributed by atoms with van der Waals surface area (Å²) < 4.78 is 0. The lowest BCUT2D eigenvalue weighted by atomic mass is 9.85. The number of nitrogens with zero attached hydrogens (tertiary/aromatic N) is 3. The van der Waals surface area contributed by atoms with E-state index in [2.05, 4.69) is 62.1 Å². The van der Waals surface area contributed by atoms with Gasteiger partial charge in [-0.2, -0.15) is 5.26 Å². The van der Waals surface area contributed by atoms with Crippen molar-refractivity contribution in [3.05, 3.63) is 29.3 Å². The van der Waals surface area contributed by atoms with Gasteiger partial charge in [0.25, 0.3) is 0 Å². The summed E-state index contributed by atoms with van der Waals surface area (Å²) in [6.07, 6.45) is 0. The Morgan fingerprint density at radius 2 is 1.74 bits per heavy atom. The minimum atomic E-state index is -0.441. The van der Waals surface area contributed by atoms with Crippen LogP contribution in [0.2, 0.25) is 0 Å². The molecule has 1 rings (SSSR count). The van der Waals surface area contributed by atoms with E-state index in [0.29, 0.717) is 0 Å². The normalized spacial score (nSPS) is 11.5. The molecular weight excluding hydrogens is 234 g/mol. The predicted octanol–water partition coefficient (Wildman–Crippen LogP) is 2.79. The molecule has 0 saturated heterocycles. The lowest BCUT2D eigenvalue weighted by molar-refractivity contribution is 0.416. The van der Waals surface area contributed by atoms with Crippen molar-refractivity contribution in [2.75, 3.05) is 39.1 Å². The van der Waals surface area contributed by atoms with Gasteiger partial charge in [0.05, 0.1) is 11.5 Å². The summed E-state index contributed by atoms with van der Waals surface area (Å²) >= 11 is 0. The Morgan fingerprint density at radius 1 is 1.11 bits per heavy atom. The minimum absolute atomic E-state index is 0.441. The Balaban J connectivity index is 3.00. The Labute approximate surface area is 117 Å². The maximum absolute atomic E-state index is 9.27. The predicted molar refractivity (Wildman–Crippen MR) is 81.6 cm³/mol. The lowest BCUT2D eigenvalue weighted by Gasteiger charge is -2.25.